The third-order valence-corrected chi connectivity index (χ3v) is 6.38. The molecule has 1 N–H and O–H groups in total. The first-order valence-corrected chi connectivity index (χ1v) is 10.1. The van der Waals surface area contributed by atoms with Crippen molar-refractivity contribution in [2.24, 2.45) is 0 Å². The molecule has 2 aromatic heterocycles. The summed E-state index contributed by atoms with van der Waals surface area (Å²) in [6.07, 6.45) is 3.41. The number of nitrogens with zero attached hydrogens (tertiary/aromatic N) is 2. The van der Waals surface area contributed by atoms with Crippen molar-refractivity contribution in [1.82, 2.24) is 14.7 Å². The molecule has 6 nitrogen and oxygen atoms in total. The molecular formula is C18H17N3O3S2. The normalized spacial score (nSPS) is 11.5. The van der Waals surface area contributed by atoms with E-state index in [0.717, 1.165) is 21.1 Å². The van der Waals surface area contributed by atoms with Gasteiger partial charge in [-0.15, -0.1) is 11.3 Å². The van der Waals surface area contributed by atoms with Gasteiger partial charge in [-0.1, -0.05) is 12.1 Å². The number of ketones is 1. The van der Waals surface area contributed by atoms with Crippen LogP contribution in [-0.2, 0) is 16.6 Å². The first-order valence-electron chi connectivity index (χ1n) is 7.84. The SMILES string of the molecule is CC(=O)c1cccc(S(=O)(=O)NCc2sc(-c3cccnc3)nc2C)c1. The molecule has 0 aliphatic carbocycles. The number of sulfonamides is 1. The quantitative estimate of drug-likeness (QED) is 0.656. The summed E-state index contributed by atoms with van der Waals surface area (Å²) < 4.78 is 27.6. The lowest BCUT2D eigenvalue weighted by atomic mass is 10.2. The lowest BCUT2D eigenvalue weighted by molar-refractivity contribution is 0.101. The molecule has 0 amide bonds. The molecule has 1 aromatic carbocycles. The van der Waals surface area contributed by atoms with E-state index in [-0.39, 0.29) is 17.2 Å². The van der Waals surface area contributed by atoms with E-state index < -0.39 is 10.0 Å². The predicted octanol–water partition coefficient (Wildman–Crippen LogP) is 3.19. The van der Waals surface area contributed by atoms with Crippen LogP contribution in [0.5, 0.6) is 0 Å². The van der Waals surface area contributed by atoms with Gasteiger partial charge in [0.1, 0.15) is 5.01 Å². The molecule has 26 heavy (non-hydrogen) atoms. The molecule has 0 spiro atoms. The Labute approximate surface area is 156 Å². The summed E-state index contributed by atoms with van der Waals surface area (Å²) >= 11 is 1.42. The Morgan fingerprint density at radius 1 is 1.23 bits per heavy atom. The van der Waals surface area contributed by atoms with Gasteiger partial charge in [-0.25, -0.2) is 18.1 Å². The van der Waals surface area contributed by atoms with Crippen molar-refractivity contribution in [2.45, 2.75) is 25.3 Å². The monoisotopic (exact) mass is 387 g/mol. The van der Waals surface area contributed by atoms with Gasteiger partial charge in [-0.2, -0.15) is 0 Å². The van der Waals surface area contributed by atoms with Gasteiger partial charge in [0.15, 0.2) is 5.78 Å². The van der Waals surface area contributed by atoms with Gasteiger partial charge < -0.3 is 0 Å². The van der Waals surface area contributed by atoms with Crippen LogP contribution >= 0.6 is 11.3 Å². The van der Waals surface area contributed by atoms with E-state index >= 15 is 0 Å². The van der Waals surface area contributed by atoms with Crippen LogP contribution in [-0.4, -0.2) is 24.2 Å². The molecular weight excluding hydrogens is 370 g/mol. The number of aromatic nitrogens is 2. The Balaban J connectivity index is 1.79. The highest BCUT2D eigenvalue weighted by Gasteiger charge is 2.17. The smallest absolute Gasteiger partial charge is 0.240 e. The van der Waals surface area contributed by atoms with E-state index in [9.17, 15) is 13.2 Å². The number of nitrogens with one attached hydrogen (secondary N) is 1. The Morgan fingerprint density at radius 2 is 2.04 bits per heavy atom. The number of carbonyl (C=O) groups is 1. The van der Waals surface area contributed by atoms with Gasteiger partial charge in [0.25, 0.3) is 0 Å². The van der Waals surface area contributed by atoms with Gasteiger partial charge >= 0.3 is 0 Å². The zero-order valence-corrected chi connectivity index (χ0v) is 15.9. The van der Waals surface area contributed by atoms with Crippen molar-refractivity contribution in [3.05, 3.63) is 64.9 Å². The first-order chi connectivity index (χ1) is 12.4. The second kappa shape index (κ2) is 7.45. The van der Waals surface area contributed by atoms with Crippen molar-refractivity contribution in [3.63, 3.8) is 0 Å². The Morgan fingerprint density at radius 3 is 2.73 bits per heavy atom. The number of thiazole rings is 1. The van der Waals surface area contributed by atoms with Crippen molar-refractivity contribution in [1.29, 1.82) is 0 Å². The largest absolute Gasteiger partial charge is 0.295 e. The number of benzene rings is 1. The summed E-state index contributed by atoms with van der Waals surface area (Å²) in [6, 6.07) is 9.74. The molecule has 0 saturated carbocycles. The van der Waals surface area contributed by atoms with E-state index in [1.165, 1.54) is 30.4 Å². The molecule has 3 aromatic rings. The van der Waals surface area contributed by atoms with Crippen LogP contribution in [0.4, 0.5) is 0 Å². The van der Waals surface area contributed by atoms with E-state index in [1.807, 2.05) is 19.1 Å². The molecule has 0 aliphatic heterocycles. The second-order valence-corrected chi connectivity index (χ2v) is 8.53. The number of hydrogen-bond acceptors (Lipinski definition) is 6. The third-order valence-electron chi connectivity index (χ3n) is 3.77. The summed E-state index contributed by atoms with van der Waals surface area (Å²) in [7, 11) is -3.72. The summed E-state index contributed by atoms with van der Waals surface area (Å²) in [5, 5.41) is 0.795. The van der Waals surface area contributed by atoms with Crippen LogP contribution in [0.15, 0.2) is 53.7 Å². The number of pyridine rings is 1. The number of carbonyl (C=O) groups excluding carboxylic acids is 1. The molecule has 0 saturated heterocycles. The molecule has 0 bridgehead atoms. The van der Waals surface area contributed by atoms with E-state index in [0.29, 0.717) is 5.56 Å². The fourth-order valence-corrected chi connectivity index (χ4v) is 4.46. The first kappa shape index (κ1) is 18.4. The van der Waals surface area contributed by atoms with Gasteiger partial charge in [0, 0.05) is 34.9 Å². The molecule has 3 rings (SSSR count). The van der Waals surface area contributed by atoms with Gasteiger partial charge in [-0.05, 0) is 38.1 Å². The van der Waals surface area contributed by atoms with Gasteiger partial charge in [0.05, 0.1) is 10.6 Å². The van der Waals surface area contributed by atoms with Crippen molar-refractivity contribution in [3.8, 4) is 10.6 Å². The molecule has 0 atom stereocenters. The second-order valence-electron chi connectivity index (χ2n) is 5.68. The number of rotatable bonds is 6. The minimum Gasteiger partial charge on any atom is -0.295 e. The maximum absolute atomic E-state index is 12.5. The maximum Gasteiger partial charge on any atom is 0.240 e. The zero-order valence-electron chi connectivity index (χ0n) is 14.3. The molecule has 8 heteroatoms. The third kappa shape index (κ3) is 4.04. The van der Waals surface area contributed by atoms with E-state index in [1.54, 1.807) is 24.5 Å². The van der Waals surface area contributed by atoms with Crippen LogP contribution in [0, 0.1) is 6.92 Å². The number of aryl methyl sites for hydroxylation is 1. The highest BCUT2D eigenvalue weighted by molar-refractivity contribution is 7.89. The Bertz CT molecular complexity index is 1040. The number of Topliss-reactive ketones (excluding diaryl/α,β-unsaturated/α-hetero) is 1. The highest BCUT2D eigenvalue weighted by atomic mass is 32.2. The van der Waals surface area contributed by atoms with Gasteiger partial charge in [0.2, 0.25) is 10.0 Å². The maximum atomic E-state index is 12.5. The average molecular weight is 387 g/mol. The molecule has 134 valence electrons. The molecule has 0 aliphatic rings. The van der Waals surface area contributed by atoms with Crippen molar-refractivity contribution < 1.29 is 13.2 Å². The fourth-order valence-electron chi connectivity index (χ4n) is 2.33. The highest BCUT2D eigenvalue weighted by Crippen LogP contribution is 2.27. The zero-order chi connectivity index (χ0) is 18.7. The molecule has 0 radical (unpaired) electrons. The summed E-state index contributed by atoms with van der Waals surface area (Å²) in [6.45, 7) is 3.38. The molecule has 0 unspecified atom stereocenters. The average Bonchev–Trinajstić information content (AvgIpc) is 3.02. The predicted molar refractivity (Wildman–Crippen MR) is 101 cm³/mol. The lowest BCUT2D eigenvalue weighted by Gasteiger charge is -2.07. The summed E-state index contributed by atoms with van der Waals surface area (Å²) in [4.78, 5) is 20.9. The molecule has 0 fully saturated rings. The summed E-state index contributed by atoms with van der Waals surface area (Å²) in [5.74, 6) is -0.179. The minimum atomic E-state index is -3.72. The van der Waals surface area contributed by atoms with Crippen LogP contribution in [0.3, 0.4) is 0 Å². The standard InChI is InChI=1S/C18H17N3O3S2/c1-12-17(25-18(21-12)15-6-4-8-19-10-15)11-20-26(23,24)16-7-3-5-14(9-16)13(2)22/h3-10,20H,11H2,1-2H3. The van der Waals surface area contributed by atoms with Crippen LogP contribution in [0.1, 0.15) is 27.9 Å². The Hall–Kier alpha value is -2.42. The van der Waals surface area contributed by atoms with Crippen molar-refractivity contribution in [2.75, 3.05) is 0 Å². The van der Waals surface area contributed by atoms with Crippen LogP contribution in [0.25, 0.3) is 10.6 Å². The van der Waals surface area contributed by atoms with Crippen LogP contribution < -0.4 is 4.72 Å². The van der Waals surface area contributed by atoms with Crippen molar-refractivity contribution >= 4 is 27.1 Å². The lowest BCUT2D eigenvalue weighted by Crippen LogP contribution is -2.23. The minimum absolute atomic E-state index is 0.0693. The van der Waals surface area contributed by atoms with E-state index in [4.69, 9.17) is 0 Å². The topological polar surface area (TPSA) is 89.0 Å². The van der Waals surface area contributed by atoms with E-state index in [2.05, 4.69) is 14.7 Å². The van der Waals surface area contributed by atoms with Gasteiger partial charge in [-0.3, -0.25) is 9.78 Å². The Kier molecular flexibility index (Phi) is 5.26. The molecule has 2 heterocycles. The fraction of sp³-hybridized carbons (Fsp3) is 0.167. The summed E-state index contributed by atoms with van der Waals surface area (Å²) in [5.41, 5.74) is 2.03. The van der Waals surface area contributed by atoms with Crippen LogP contribution in [0.2, 0.25) is 0 Å². The number of hydrogen-bond donors (Lipinski definition) is 1.